The smallest absolute Gasteiger partial charge is 0.416 e. The number of methoxy groups -OCH3 is 2. The molecule has 4 atom stereocenters. The molecule has 0 saturated carbocycles. The van der Waals surface area contributed by atoms with Gasteiger partial charge in [-0.05, 0) is 37.5 Å². The van der Waals surface area contributed by atoms with Crippen molar-refractivity contribution in [2.75, 3.05) is 27.3 Å². The summed E-state index contributed by atoms with van der Waals surface area (Å²) in [5.74, 6) is 0.444. The first kappa shape index (κ1) is 25.7. The fourth-order valence-corrected chi connectivity index (χ4v) is 6.57. The molecule has 11 heteroatoms. The summed E-state index contributed by atoms with van der Waals surface area (Å²) in [7, 11) is 2.64. The van der Waals surface area contributed by atoms with Crippen LogP contribution in [0.15, 0.2) is 22.7 Å². The molecule has 1 aromatic rings. The molecule has 0 bridgehead atoms. The van der Waals surface area contributed by atoms with Crippen LogP contribution in [0, 0.1) is 5.92 Å². The number of benzene rings is 1. The summed E-state index contributed by atoms with van der Waals surface area (Å²) in [6.45, 7) is 4.83. The lowest BCUT2D eigenvalue weighted by Gasteiger charge is -2.37. The minimum Gasteiger partial charge on any atom is -0.493 e. The van der Waals surface area contributed by atoms with Crippen LogP contribution < -0.4 is 20.1 Å². The van der Waals surface area contributed by atoms with E-state index in [0.29, 0.717) is 25.3 Å². The monoisotopic (exact) mass is 513 g/mol. The van der Waals surface area contributed by atoms with Gasteiger partial charge in [0.25, 0.3) is 0 Å². The third-order valence-electron chi connectivity index (χ3n) is 7.00. The molecule has 35 heavy (non-hydrogen) atoms. The Morgan fingerprint density at radius 2 is 1.94 bits per heavy atom. The van der Waals surface area contributed by atoms with E-state index in [1.165, 1.54) is 25.2 Å². The van der Waals surface area contributed by atoms with Gasteiger partial charge in [0.2, 0.25) is 11.8 Å². The number of halogens is 3. The third kappa shape index (κ3) is 4.97. The molecule has 192 valence electrons. The molecule has 4 rings (SSSR count). The number of hydrogen-bond donors (Lipinski definition) is 2. The molecule has 2 saturated heterocycles. The second-order valence-corrected chi connectivity index (χ2v) is 10.5. The molecular formula is C24H30F3N3O4S. The second-order valence-electron chi connectivity index (χ2n) is 9.11. The lowest BCUT2D eigenvalue weighted by atomic mass is 9.94. The highest BCUT2D eigenvalue weighted by Gasteiger charge is 2.48. The van der Waals surface area contributed by atoms with Gasteiger partial charge < -0.3 is 25.0 Å². The summed E-state index contributed by atoms with van der Waals surface area (Å²) >= 11 is 1.73. The van der Waals surface area contributed by atoms with Gasteiger partial charge in [0.15, 0.2) is 11.5 Å². The Bertz CT molecular complexity index is 1050. The zero-order valence-electron chi connectivity index (χ0n) is 20.1. The van der Waals surface area contributed by atoms with Crippen molar-refractivity contribution >= 4 is 23.6 Å². The van der Waals surface area contributed by atoms with Crippen molar-refractivity contribution in [2.24, 2.45) is 5.92 Å². The maximum Gasteiger partial charge on any atom is 0.416 e. The number of nitrogens with zero attached hydrogens (tertiary/aromatic N) is 1. The van der Waals surface area contributed by atoms with E-state index in [1.54, 1.807) is 11.8 Å². The van der Waals surface area contributed by atoms with Gasteiger partial charge in [-0.1, -0.05) is 6.92 Å². The molecule has 0 aliphatic carbocycles. The Labute approximate surface area is 206 Å². The van der Waals surface area contributed by atoms with Crippen molar-refractivity contribution in [1.29, 1.82) is 0 Å². The maximum atomic E-state index is 13.5. The maximum absolute atomic E-state index is 13.5. The number of β-lactam (4-membered cyclic amide) rings is 1. The molecule has 2 N–H and O–H groups in total. The molecule has 7 nitrogen and oxygen atoms in total. The van der Waals surface area contributed by atoms with Crippen LogP contribution in [0.5, 0.6) is 11.5 Å². The molecule has 3 aliphatic rings. The quantitative estimate of drug-likeness (QED) is 0.520. The molecule has 3 aliphatic heterocycles. The summed E-state index contributed by atoms with van der Waals surface area (Å²) < 4.78 is 50.8. The van der Waals surface area contributed by atoms with E-state index in [9.17, 15) is 22.8 Å². The van der Waals surface area contributed by atoms with Gasteiger partial charge in [0.05, 0.1) is 31.9 Å². The predicted octanol–water partition coefficient (Wildman–Crippen LogP) is 3.33. The van der Waals surface area contributed by atoms with Crippen molar-refractivity contribution in [3.8, 4) is 11.5 Å². The number of ether oxygens (including phenoxy) is 2. The van der Waals surface area contributed by atoms with E-state index in [2.05, 4.69) is 17.6 Å². The number of carbonyl (C=O) groups excluding carboxylic acids is 2. The molecule has 0 radical (unpaired) electrons. The summed E-state index contributed by atoms with van der Waals surface area (Å²) in [6.07, 6.45) is -3.35. The lowest BCUT2D eigenvalue weighted by molar-refractivity contribution is -0.142. The van der Waals surface area contributed by atoms with E-state index in [0.717, 1.165) is 11.8 Å². The first-order valence-electron chi connectivity index (χ1n) is 11.6. The van der Waals surface area contributed by atoms with Crippen molar-refractivity contribution in [3.05, 3.63) is 33.9 Å². The van der Waals surface area contributed by atoms with Crippen molar-refractivity contribution < 1.29 is 32.2 Å². The number of carbonyl (C=O) groups is 2. The zero-order valence-corrected chi connectivity index (χ0v) is 20.9. The van der Waals surface area contributed by atoms with E-state index < -0.39 is 17.8 Å². The number of alkyl halides is 3. The highest BCUT2D eigenvalue weighted by molar-refractivity contribution is 8.03. The number of nitrogens with one attached hydrogen (secondary N) is 2. The average Bonchev–Trinajstić information content (AvgIpc) is 3.34. The van der Waals surface area contributed by atoms with E-state index in [-0.39, 0.29) is 53.1 Å². The Kier molecular flexibility index (Phi) is 7.28. The lowest BCUT2D eigenvalue weighted by Crippen LogP contribution is -2.50. The third-order valence-corrected chi connectivity index (χ3v) is 8.62. The number of thioether (sulfide) groups is 1. The largest absolute Gasteiger partial charge is 0.493 e. The summed E-state index contributed by atoms with van der Waals surface area (Å²) in [6, 6.07) is 2.09. The summed E-state index contributed by atoms with van der Waals surface area (Å²) in [5, 5.41) is 6.18. The minimum atomic E-state index is -4.55. The van der Waals surface area contributed by atoms with Gasteiger partial charge >= 0.3 is 6.18 Å². The van der Waals surface area contributed by atoms with E-state index in [1.807, 2.05) is 11.8 Å². The van der Waals surface area contributed by atoms with Crippen molar-refractivity contribution in [1.82, 2.24) is 15.5 Å². The number of hydrogen-bond acceptors (Lipinski definition) is 6. The van der Waals surface area contributed by atoms with Crippen LogP contribution in [0.2, 0.25) is 0 Å². The second kappa shape index (κ2) is 9.93. The van der Waals surface area contributed by atoms with E-state index in [4.69, 9.17) is 9.47 Å². The number of amides is 2. The first-order chi connectivity index (χ1) is 16.5. The molecule has 2 amide bonds. The number of fused-ring (bicyclic) bond motifs is 1. The standard InChI is InChI=1S/C24H30F3N3O4S/c1-12-18-10-21(31)30(18)13(2)22(12)35-15-8-17(29-11-15)23(32)28-6-5-14-7-19(33-3)20(34-4)9-16(14)24(25,26)27/h7,9,12,15,17-18,29H,5-6,8,10-11H2,1-4H3,(H,28,32). The van der Waals surface area contributed by atoms with Gasteiger partial charge in [-0.15, -0.1) is 11.8 Å². The first-order valence-corrected chi connectivity index (χ1v) is 12.5. The SMILES string of the molecule is COc1cc(CCNC(=O)C2CC(SC3=C(C)N4C(=O)CC4C3C)CN2)c(C(F)(F)F)cc1OC. The fourth-order valence-electron chi connectivity index (χ4n) is 5.10. The van der Waals surface area contributed by atoms with Crippen LogP contribution in [0.3, 0.4) is 0 Å². The Morgan fingerprint density at radius 1 is 1.26 bits per heavy atom. The molecule has 3 heterocycles. The normalized spacial score (nSPS) is 26.0. The molecule has 0 spiro atoms. The molecule has 0 aromatic heterocycles. The van der Waals surface area contributed by atoms with Crippen molar-refractivity contribution in [3.63, 3.8) is 0 Å². The van der Waals surface area contributed by atoms with Gasteiger partial charge in [0, 0.05) is 41.3 Å². The summed E-state index contributed by atoms with van der Waals surface area (Å²) in [5.41, 5.74) is 0.240. The number of rotatable bonds is 8. The summed E-state index contributed by atoms with van der Waals surface area (Å²) in [4.78, 5) is 27.7. The van der Waals surface area contributed by atoms with Crippen LogP contribution in [0.1, 0.15) is 37.8 Å². The Morgan fingerprint density at radius 3 is 2.54 bits per heavy atom. The van der Waals surface area contributed by atoms with Gasteiger partial charge in [0.1, 0.15) is 0 Å². The highest BCUT2D eigenvalue weighted by Crippen LogP contribution is 2.48. The Balaban J connectivity index is 1.32. The van der Waals surface area contributed by atoms with Crippen LogP contribution in [-0.4, -0.2) is 61.4 Å². The van der Waals surface area contributed by atoms with E-state index >= 15 is 0 Å². The molecular weight excluding hydrogens is 483 g/mol. The van der Waals surface area contributed by atoms with Crippen molar-refractivity contribution in [2.45, 2.75) is 56.6 Å². The molecule has 1 aromatic carbocycles. The Hall–Kier alpha value is -2.40. The molecule has 4 unspecified atom stereocenters. The highest BCUT2D eigenvalue weighted by atomic mass is 32.2. The van der Waals surface area contributed by atoms with Crippen LogP contribution in [-0.2, 0) is 22.2 Å². The van der Waals surface area contributed by atoms with Crippen LogP contribution >= 0.6 is 11.8 Å². The van der Waals surface area contributed by atoms with Crippen LogP contribution in [0.25, 0.3) is 0 Å². The topological polar surface area (TPSA) is 79.9 Å². The zero-order chi connectivity index (χ0) is 25.5. The predicted molar refractivity (Wildman–Crippen MR) is 126 cm³/mol. The van der Waals surface area contributed by atoms with Gasteiger partial charge in [-0.25, -0.2) is 0 Å². The average molecular weight is 514 g/mol. The van der Waals surface area contributed by atoms with Crippen LogP contribution in [0.4, 0.5) is 13.2 Å². The minimum absolute atomic E-state index is 0.000678. The number of allylic oxidation sites excluding steroid dienone is 1. The van der Waals surface area contributed by atoms with Gasteiger partial charge in [-0.3, -0.25) is 9.59 Å². The fraction of sp³-hybridized carbons (Fsp3) is 0.583. The molecule has 2 fully saturated rings. The van der Waals surface area contributed by atoms with Gasteiger partial charge in [-0.2, -0.15) is 13.2 Å².